The third kappa shape index (κ3) is 3.84. The Morgan fingerprint density at radius 3 is 2.73 bits per heavy atom. The molecular formula is C13H25NO. The standard InChI is InChI=1S/C13H25NO/c1-3-5-6-9-12-10-7-11-14(12)13(15)8-4-2/h12H,3-11H2,1-2H3. The van der Waals surface area contributed by atoms with Gasteiger partial charge in [-0.2, -0.15) is 0 Å². The highest BCUT2D eigenvalue weighted by Crippen LogP contribution is 2.23. The molecule has 0 saturated carbocycles. The molecule has 88 valence electrons. The summed E-state index contributed by atoms with van der Waals surface area (Å²) in [7, 11) is 0. The third-order valence-electron chi connectivity index (χ3n) is 3.30. The Hall–Kier alpha value is -0.530. The summed E-state index contributed by atoms with van der Waals surface area (Å²) in [6, 6.07) is 0.565. The van der Waals surface area contributed by atoms with E-state index in [2.05, 4.69) is 18.7 Å². The monoisotopic (exact) mass is 211 g/mol. The minimum absolute atomic E-state index is 0.386. The van der Waals surface area contributed by atoms with Crippen LogP contribution >= 0.6 is 0 Å². The molecule has 1 atom stereocenters. The average Bonchev–Trinajstić information content (AvgIpc) is 2.67. The zero-order valence-corrected chi connectivity index (χ0v) is 10.3. The van der Waals surface area contributed by atoms with Crippen LogP contribution in [-0.4, -0.2) is 23.4 Å². The van der Waals surface area contributed by atoms with Gasteiger partial charge in [-0.05, 0) is 25.7 Å². The first kappa shape index (κ1) is 12.5. The van der Waals surface area contributed by atoms with E-state index in [1.165, 1.54) is 38.5 Å². The predicted molar refractivity (Wildman–Crippen MR) is 63.8 cm³/mol. The van der Waals surface area contributed by atoms with Crippen LogP contribution in [0.4, 0.5) is 0 Å². The van der Waals surface area contributed by atoms with Gasteiger partial charge in [0.2, 0.25) is 5.91 Å². The van der Waals surface area contributed by atoms with Crippen molar-refractivity contribution in [1.29, 1.82) is 0 Å². The molecule has 1 rings (SSSR count). The fourth-order valence-electron chi connectivity index (χ4n) is 2.45. The summed E-state index contributed by atoms with van der Waals surface area (Å²) in [6.07, 6.45) is 9.27. The number of nitrogens with zero attached hydrogens (tertiary/aromatic N) is 1. The SMILES string of the molecule is CCCCCC1CCCN1C(=O)CCC. The highest BCUT2D eigenvalue weighted by Gasteiger charge is 2.27. The zero-order valence-electron chi connectivity index (χ0n) is 10.3. The van der Waals surface area contributed by atoms with Gasteiger partial charge in [0.1, 0.15) is 0 Å². The van der Waals surface area contributed by atoms with Gasteiger partial charge in [0.05, 0.1) is 0 Å². The second kappa shape index (κ2) is 6.86. The molecule has 1 fully saturated rings. The number of likely N-dealkylation sites (tertiary alicyclic amines) is 1. The molecule has 2 nitrogen and oxygen atoms in total. The predicted octanol–water partition coefficient (Wildman–Crippen LogP) is 3.36. The van der Waals surface area contributed by atoms with Crippen molar-refractivity contribution in [1.82, 2.24) is 4.90 Å². The highest BCUT2D eigenvalue weighted by molar-refractivity contribution is 5.76. The van der Waals surface area contributed by atoms with Gasteiger partial charge < -0.3 is 4.90 Å². The molecule has 1 saturated heterocycles. The van der Waals surface area contributed by atoms with Gasteiger partial charge in [0, 0.05) is 19.0 Å². The van der Waals surface area contributed by atoms with Gasteiger partial charge in [-0.3, -0.25) is 4.79 Å². The summed E-state index contributed by atoms with van der Waals surface area (Å²) >= 11 is 0. The summed E-state index contributed by atoms with van der Waals surface area (Å²) in [6.45, 7) is 5.32. The molecule has 0 aromatic heterocycles. The average molecular weight is 211 g/mol. The van der Waals surface area contributed by atoms with Crippen molar-refractivity contribution in [2.45, 2.75) is 71.3 Å². The maximum atomic E-state index is 11.8. The summed E-state index contributed by atoms with van der Waals surface area (Å²) in [5.41, 5.74) is 0. The third-order valence-corrected chi connectivity index (χ3v) is 3.30. The second-order valence-corrected chi connectivity index (χ2v) is 4.63. The molecule has 0 aromatic carbocycles. The number of rotatable bonds is 6. The van der Waals surface area contributed by atoms with E-state index in [1.807, 2.05) is 0 Å². The molecule has 0 N–H and O–H groups in total. The van der Waals surface area contributed by atoms with Crippen LogP contribution < -0.4 is 0 Å². The lowest BCUT2D eigenvalue weighted by Gasteiger charge is -2.24. The molecule has 1 heterocycles. The van der Waals surface area contributed by atoms with Crippen molar-refractivity contribution in [3.8, 4) is 0 Å². The quantitative estimate of drug-likeness (QED) is 0.617. The van der Waals surface area contributed by atoms with E-state index in [9.17, 15) is 4.79 Å². The van der Waals surface area contributed by atoms with Crippen LogP contribution in [0.25, 0.3) is 0 Å². The van der Waals surface area contributed by atoms with Crippen LogP contribution in [0.1, 0.15) is 65.2 Å². The molecule has 0 aliphatic carbocycles. The van der Waals surface area contributed by atoms with Gasteiger partial charge in [-0.25, -0.2) is 0 Å². The topological polar surface area (TPSA) is 20.3 Å². The maximum absolute atomic E-state index is 11.8. The Morgan fingerprint density at radius 2 is 2.07 bits per heavy atom. The van der Waals surface area contributed by atoms with Crippen LogP contribution in [0.15, 0.2) is 0 Å². The van der Waals surface area contributed by atoms with Crippen molar-refractivity contribution in [3.05, 3.63) is 0 Å². The van der Waals surface area contributed by atoms with E-state index in [-0.39, 0.29) is 0 Å². The lowest BCUT2D eigenvalue weighted by Crippen LogP contribution is -2.35. The van der Waals surface area contributed by atoms with Crippen molar-refractivity contribution >= 4 is 5.91 Å². The summed E-state index contributed by atoms with van der Waals surface area (Å²) in [5, 5.41) is 0. The number of unbranched alkanes of at least 4 members (excludes halogenated alkanes) is 2. The van der Waals surface area contributed by atoms with Crippen molar-refractivity contribution < 1.29 is 4.79 Å². The number of carbonyl (C=O) groups is 1. The van der Waals surface area contributed by atoms with Gasteiger partial charge >= 0.3 is 0 Å². The Morgan fingerprint density at radius 1 is 1.27 bits per heavy atom. The summed E-state index contributed by atoms with van der Waals surface area (Å²) < 4.78 is 0. The largest absolute Gasteiger partial charge is 0.340 e. The second-order valence-electron chi connectivity index (χ2n) is 4.63. The Kier molecular flexibility index (Phi) is 5.74. The van der Waals surface area contributed by atoms with Crippen LogP contribution in [0.2, 0.25) is 0 Å². The molecule has 0 spiro atoms. The molecule has 1 aliphatic rings. The van der Waals surface area contributed by atoms with E-state index in [4.69, 9.17) is 0 Å². The first-order valence-electron chi connectivity index (χ1n) is 6.59. The summed E-state index contributed by atoms with van der Waals surface area (Å²) in [5.74, 6) is 0.386. The van der Waals surface area contributed by atoms with Crippen LogP contribution in [0.3, 0.4) is 0 Å². The van der Waals surface area contributed by atoms with E-state index >= 15 is 0 Å². The van der Waals surface area contributed by atoms with Crippen molar-refractivity contribution in [3.63, 3.8) is 0 Å². The lowest BCUT2D eigenvalue weighted by atomic mass is 10.1. The van der Waals surface area contributed by atoms with Crippen LogP contribution in [0.5, 0.6) is 0 Å². The minimum atomic E-state index is 0.386. The van der Waals surface area contributed by atoms with Crippen LogP contribution in [-0.2, 0) is 4.79 Å². The van der Waals surface area contributed by atoms with Gasteiger partial charge in [-0.1, -0.05) is 33.1 Å². The normalized spacial score (nSPS) is 20.9. The molecule has 2 heteroatoms. The highest BCUT2D eigenvalue weighted by atomic mass is 16.2. The van der Waals surface area contributed by atoms with Crippen molar-refractivity contribution in [2.24, 2.45) is 0 Å². The van der Waals surface area contributed by atoms with E-state index in [0.717, 1.165) is 19.4 Å². The number of hydrogen-bond acceptors (Lipinski definition) is 1. The molecule has 1 unspecified atom stereocenters. The molecule has 0 bridgehead atoms. The smallest absolute Gasteiger partial charge is 0.222 e. The first-order valence-corrected chi connectivity index (χ1v) is 6.59. The minimum Gasteiger partial charge on any atom is -0.340 e. The molecule has 15 heavy (non-hydrogen) atoms. The molecular weight excluding hydrogens is 186 g/mol. The van der Waals surface area contributed by atoms with E-state index in [0.29, 0.717) is 11.9 Å². The first-order chi connectivity index (χ1) is 7.29. The van der Waals surface area contributed by atoms with Gasteiger partial charge in [0.15, 0.2) is 0 Å². The van der Waals surface area contributed by atoms with E-state index < -0.39 is 0 Å². The fraction of sp³-hybridized carbons (Fsp3) is 0.923. The number of hydrogen-bond donors (Lipinski definition) is 0. The number of amides is 1. The van der Waals surface area contributed by atoms with E-state index in [1.54, 1.807) is 0 Å². The molecule has 0 radical (unpaired) electrons. The zero-order chi connectivity index (χ0) is 11.1. The Labute approximate surface area is 94.0 Å². The fourth-order valence-corrected chi connectivity index (χ4v) is 2.45. The lowest BCUT2D eigenvalue weighted by molar-refractivity contribution is -0.132. The summed E-state index contributed by atoms with van der Waals surface area (Å²) in [4.78, 5) is 14.0. The Balaban J connectivity index is 2.32. The van der Waals surface area contributed by atoms with Crippen LogP contribution in [0, 0.1) is 0 Å². The molecule has 1 amide bonds. The number of carbonyl (C=O) groups excluding carboxylic acids is 1. The van der Waals surface area contributed by atoms with Crippen molar-refractivity contribution in [2.75, 3.05) is 6.54 Å². The van der Waals surface area contributed by atoms with Gasteiger partial charge in [-0.15, -0.1) is 0 Å². The molecule has 0 aromatic rings. The van der Waals surface area contributed by atoms with Gasteiger partial charge in [0.25, 0.3) is 0 Å². The maximum Gasteiger partial charge on any atom is 0.222 e. The Bertz CT molecular complexity index is 191. The molecule has 1 aliphatic heterocycles.